The summed E-state index contributed by atoms with van der Waals surface area (Å²) in [5.41, 5.74) is -5.38. The van der Waals surface area contributed by atoms with Crippen molar-refractivity contribution in [3.05, 3.63) is 192 Å². The molecule has 1 heterocycles. The van der Waals surface area contributed by atoms with Gasteiger partial charge in [-0.3, -0.25) is 0 Å². The summed E-state index contributed by atoms with van der Waals surface area (Å²) >= 11 is 0. The molecule has 0 bridgehead atoms. The third kappa shape index (κ3) is 4.43. The van der Waals surface area contributed by atoms with Gasteiger partial charge in [-0.25, -0.2) is 0 Å². The Morgan fingerprint density at radius 2 is 0.962 bits per heavy atom. The molecule has 0 fully saturated rings. The summed E-state index contributed by atoms with van der Waals surface area (Å²) in [4.78, 5) is 0. The van der Waals surface area contributed by atoms with Crippen LogP contribution in [0.3, 0.4) is 0 Å². The molecule has 0 N–H and O–H groups in total. The molecule has 0 aliphatic heterocycles. The van der Waals surface area contributed by atoms with Crippen LogP contribution in [0.4, 0.5) is 0 Å². The predicted molar refractivity (Wildman–Crippen MR) is 221 cm³/mol. The molecule has 11 rings (SSSR count). The van der Waals surface area contributed by atoms with Crippen LogP contribution in [-0.2, 0) is 6.42 Å². The van der Waals surface area contributed by atoms with E-state index in [1.807, 2.05) is 0 Å². The summed E-state index contributed by atoms with van der Waals surface area (Å²) in [5, 5.41) is -7.08. The summed E-state index contributed by atoms with van der Waals surface area (Å²) in [5.74, 6) is 0. The van der Waals surface area contributed by atoms with Crippen molar-refractivity contribution in [2.75, 3.05) is 0 Å². The lowest BCUT2D eigenvalue weighted by atomic mass is 9.84. The Morgan fingerprint density at radius 1 is 0.385 bits per heavy atom. The molecule has 0 radical (unpaired) electrons. The van der Waals surface area contributed by atoms with Crippen LogP contribution in [0, 0.1) is 0 Å². The van der Waals surface area contributed by atoms with E-state index in [-0.39, 0.29) is 0 Å². The molecular formula is C51H32O. The van der Waals surface area contributed by atoms with Gasteiger partial charge in [0.05, 0.1) is 41.1 Å². The number of fused-ring (bicyclic) bond motifs is 9. The Hall–Kier alpha value is -6.70. The van der Waals surface area contributed by atoms with Crippen LogP contribution in [0.5, 0.6) is 0 Å². The van der Waals surface area contributed by atoms with Crippen LogP contribution in [-0.4, -0.2) is 0 Å². The molecule has 0 aliphatic rings. The molecule has 10 aromatic carbocycles. The summed E-state index contributed by atoms with van der Waals surface area (Å²) in [6.45, 7) is 0. The maximum absolute atomic E-state index is 9.98. The minimum Gasteiger partial charge on any atom is -0.456 e. The third-order valence-electron chi connectivity index (χ3n) is 8.81. The monoisotopic (exact) mass is 690 g/mol. The van der Waals surface area contributed by atoms with E-state index in [9.17, 15) is 16.4 Å². The van der Waals surface area contributed by atoms with E-state index < -0.39 is 297 Å². The largest absolute Gasteiger partial charge is 0.456 e. The topological polar surface area (TPSA) is 13.1 Å². The lowest BCUT2D eigenvalue weighted by Gasteiger charge is -2.19. The quantitative estimate of drug-likeness (QED) is 0.132. The molecule has 11 aromatic rings. The highest BCUT2D eigenvalue weighted by atomic mass is 16.3. The molecule has 0 unspecified atom stereocenters. The zero-order chi connectivity index (χ0) is 60.3. The minimum absolute atomic E-state index is 0.463. The molecule has 1 nitrogen and oxygen atoms in total. The zero-order valence-corrected chi connectivity index (χ0v) is 26.1. The van der Waals surface area contributed by atoms with Gasteiger partial charge in [0, 0.05) is 10.8 Å². The molecule has 0 saturated heterocycles. The molecule has 0 spiro atoms. The number of rotatable bonds is 4. The van der Waals surface area contributed by atoms with Crippen LogP contribution < -0.4 is 0 Å². The Kier molecular flexibility index (Phi) is 2.68. The van der Waals surface area contributed by atoms with E-state index in [0.717, 1.165) is 0 Å². The maximum Gasteiger partial charge on any atom is 0.136 e. The first-order chi connectivity index (χ1) is 38.3. The fourth-order valence-electron chi connectivity index (χ4n) is 6.67. The Morgan fingerprint density at radius 3 is 1.69 bits per heavy atom. The van der Waals surface area contributed by atoms with Gasteiger partial charge in [0.25, 0.3) is 0 Å². The maximum atomic E-state index is 9.98. The van der Waals surface area contributed by atoms with Gasteiger partial charge in [-0.15, -0.1) is 0 Å². The van der Waals surface area contributed by atoms with Crippen LogP contribution >= 0.6 is 0 Å². The van der Waals surface area contributed by atoms with E-state index >= 15 is 0 Å². The Labute approximate surface area is 343 Å². The van der Waals surface area contributed by atoms with Crippen molar-refractivity contribution in [2.24, 2.45) is 0 Å². The average molecular weight is 691 g/mol. The van der Waals surface area contributed by atoms with Gasteiger partial charge in [0.15, 0.2) is 0 Å². The molecule has 0 saturated carbocycles. The highest BCUT2D eigenvalue weighted by molar-refractivity contribution is 6.26. The number of furan rings is 1. The van der Waals surface area contributed by atoms with Crippen molar-refractivity contribution in [1.29, 1.82) is 0 Å². The van der Waals surface area contributed by atoms with Crippen molar-refractivity contribution in [2.45, 2.75) is 6.42 Å². The summed E-state index contributed by atoms with van der Waals surface area (Å²) in [6, 6.07) is -26.8. The van der Waals surface area contributed by atoms with E-state index in [1.54, 1.807) is 0 Å². The normalized spacial score (nSPS) is 20.0. The molecule has 242 valence electrons. The first kappa shape index (κ1) is 12.2. The highest BCUT2D eigenvalue weighted by Crippen LogP contribution is 2.47. The van der Waals surface area contributed by atoms with Gasteiger partial charge in [-0.1, -0.05) is 163 Å². The zero-order valence-electron chi connectivity index (χ0n) is 56.1. The second-order valence-corrected chi connectivity index (χ2v) is 11.6. The minimum atomic E-state index is -1.05. The van der Waals surface area contributed by atoms with E-state index in [1.165, 1.54) is 0 Å². The Bertz CT molecular complexity index is 4870. The second-order valence-electron chi connectivity index (χ2n) is 11.6. The van der Waals surface area contributed by atoms with E-state index in [2.05, 4.69) is 0 Å². The van der Waals surface area contributed by atoms with Crippen LogP contribution in [0.25, 0.3) is 98.1 Å². The number of benzene rings is 10. The smallest absolute Gasteiger partial charge is 0.136 e. The summed E-state index contributed by atoms with van der Waals surface area (Å²) < 4.78 is 279. The second kappa shape index (κ2) is 11.4. The lowest BCUT2D eigenvalue weighted by molar-refractivity contribution is 0.669. The Balaban J connectivity index is 1.38. The van der Waals surface area contributed by atoms with E-state index in [0.29, 0.717) is 0 Å². The first-order valence-electron chi connectivity index (χ1n) is 30.6. The average Bonchev–Trinajstić information content (AvgIpc) is 1.21. The molecule has 1 aromatic heterocycles. The summed E-state index contributed by atoms with van der Waals surface area (Å²) in [6.07, 6.45) is -0.953. The fourth-order valence-corrected chi connectivity index (χ4v) is 6.67. The van der Waals surface area contributed by atoms with Crippen molar-refractivity contribution >= 4 is 75.8 Å². The fraction of sp³-hybridized carbons (Fsp3) is 0.0196. The standard InChI is InChI=1S/C51H32O/c1-2-15-34-31-48-46(30-33(34)14-1)51-45(25-12-26-47(51)52-48)50-43-23-9-7-21-41(43)49(42-22-8-10-24-44(42)50)36-17-11-13-32(27-36)28-37-29-35-16-3-4-18-38(35)40-20-6-5-19-39(37)40/h1-27,29-31H,28H2/i1D,2D,3D,4D,5D,6D,7D,8D,9D,10D,11D,12D,13D,14D,15D,16D,17D,18D,19D,20D,21D,22D,23D,24D,25D,26D,27D,29D,30D,31D. The molecule has 0 amide bonds. The van der Waals surface area contributed by atoms with Gasteiger partial charge in [0.1, 0.15) is 11.2 Å². The molecule has 1 heteroatoms. The molecule has 52 heavy (non-hydrogen) atoms. The first-order valence-corrected chi connectivity index (χ1v) is 15.6. The summed E-state index contributed by atoms with van der Waals surface area (Å²) in [7, 11) is 0. The van der Waals surface area contributed by atoms with Crippen LogP contribution in [0.1, 0.15) is 52.2 Å². The third-order valence-corrected chi connectivity index (χ3v) is 8.81. The van der Waals surface area contributed by atoms with Gasteiger partial charge in [-0.05, 0) is 112 Å². The van der Waals surface area contributed by atoms with Crippen molar-refractivity contribution in [3.63, 3.8) is 0 Å². The van der Waals surface area contributed by atoms with Crippen molar-refractivity contribution in [1.82, 2.24) is 0 Å². The van der Waals surface area contributed by atoms with Crippen LogP contribution in [0.15, 0.2) is 186 Å². The van der Waals surface area contributed by atoms with Gasteiger partial charge >= 0.3 is 0 Å². The van der Waals surface area contributed by atoms with Crippen LogP contribution in [0.2, 0.25) is 0 Å². The SMILES string of the molecule is [2H]c1c([2H])c(Cc2c([2H])c3c([2H])c([2H])c([2H])c([2H])c3c3c([2H])c([2H])c([2H])c([2H])c23)c([2H])c(-c2c3c([2H])c([2H])c([2H])c([2H])c3c(-c3c([2H])c([2H])c([2H])c4oc5c([2H])c6c([2H])c([2H])c([2H])c([2H])c6c([2H])c5c34)c3c([2H])c([2H])c([2H])c([2H])c23)c1[2H]. The van der Waals surface area contributed by atoms with Crippen molar-refractivity contribution in [3.8, 4) is 22.3 Å². The van der Waals surface area contributed by atoms with Gasteiger partial charge < -0.3 is 4.42 Å². The van der Waals surface area contributed by atoms with Crippen molar-refractivity contribution < 1.29 is 45.5 Å². The molecule has 0 aliphatic carbocycles. The van der Waals surface area contributed by atoms with Gasteiger partial charge in [-0.2, -0.15) is 0 Å². The lowest BCUT2D eigenvalue weighted by Crippen LogP contribution is -1.94. The molecule has 0 atom stereocenters. The highest BCUT2D eigenvalue weighted by Gasteiger charge is 2.21. The predicted octanol–water partition coefficient (Wildman–Crippen LogP) is 14.3. The number of hydrogen-bond acceptors (Lipinski definition) is 1. The van der Waals surface area contributed by atoms with Gasteiger partial charge in [0.2, 0.25) is 0 Å². The molecular weight excluding hydrogens is 629 g/mol. The number of hydrogen-bond donors (Lipinski definition) is 0. The van der Waals surface area contributed by atoms with E-state index in [4.69, 9.17) is 29.1 Å².